The molecule has 0 spiro atoms. The van der Waals surface area contributed by atoms with Crippen LogP contribution in [0.1, 0.15) is 37.5 Å². The Morgan fingerprint density at radius 2 is 1.39 bits per heavy atom. The summed E-state index contributed by atoms with van der Waals surface area (Å²) >= 11 is 2.26. The van der Waals surface area contributed by atoms with E-state index in [9.17, 15) is 5.26 Å². The third-order valence-electron chi connectivity index (χ3n) is 9.61. The monoisotopic (exact) mass is 813 g/mol. The highest BCUT2D eigenvalue weighted by atomic mass is 127. The molecule has 4 heterocycles. The molecule has 4 fully saturated rings. The number of hydrogen-bond donors (Lipinski definition) is 0. The quantitative estimate of drug-likeness (QED) is 0.224. The third kappa shape index (κ3) is 8.19. The van der Waals surface area contributed by atoms with Crippen molar-refractivity contribution in [3.63, 3.8) is 0 Å². The highest BCUT2D eigenvalue weighted by molar-refractivity contribution is 14.1. The second kappa shape index (κ2) is 15.8. The maximum Gasteiger partial charge on any atom is 0.264 e. The van der Waals surface area contributed by atoms with Gasteiger partial charge < -0.3 is 47.4 Å². The molecule has 3 aromatic carbocycles. The van der Waals surface area contributed by atoms with Crippen molar-refractivity contribution >= 4 is 22.6 Å². The minimum absolute atomic E-state index is 0.0687. The lowest BCUT2D eigenvalue weighted by Crippen LogP contribution is -2.68. The second-order valence-electron chi connectivity index (χ2n) is 13.7. The summed E-state index contributed by atoms with van der Waals surface area (Å²) in [5.41, 5.74) is 2.87. The van der Waals surface area contributed by atoms with Gasteiger partial charge in [-0.2, -0.15) is 5.26 Å². The van der Waals surface area contributed by atoms with Crippen LogP contribution in [-0.4, -0.2) is 86.7 Å². The Labute approximate surface area is 312 Å². The molecule has 4 saturated heterocycles. The Hall–Kier alpha value is -2.52. The fourth-order valence-corrected chi connectivity index (χ4v) is 7.74. The van der Waals surface area contributed by atoms with Gasteiger partial charge in [0.25, 0.3) is 5.79 Å². The predicted molar refractivity (Wildman–Crippen MR) is 191 cm³/mol. The number of fused-ring (bicyclic) bond motifs is 2. The molecule has 11 atom stereocenters. The molecule has 0 saturated carbocycles. The summed E-state index contributed by atoms with van der Waals surface area (Å²) in [5.74, 6) is -2.46. The van der Waals surface area contributed by atoms with Crippen LogP contribution in [0.3, 0.4) is 0 Å². The summed E-state index contributed by atoms with van der Waals surface area (Å²) in [6, 6.07) is 30.0. The van der Waals surface area contributed by atoms with E-state index in [0.717, 1.165) is 20.3 Å². The van der Waals surface area contributed by atoms with Crippen LogP contribution in [0, 0.1) is 14.9 Å². The number of nitrogens with zero attached hydrogens (tertiary/aromatic N) is 1. The first-order chi connectivity index (χ1) is 24.7. The van der Waals surface area contributed by atoms with E-state index in [1.807, 2.05) is 106 Å². The zero-order valence-electron chi connectivity index (χ0n) is 29.1. The molecular formula is C39H44INO10. The van der Waals surface area contributed by atoms with Gasteiger partial charge in [0.05, 0.1) is 25.9 Å². The number of halogens is 1. The highest BCUT2D eigenvalue weighted by Gasteiger charge is 2.59. The van der Waals surface area contributed by atoms with Gasteiger partial charge in [-0.15, -0.1) is 0 Å². The molecular weight excluding hydrogens is 769 g/mol. The van der Waals surface area contributed by atoms with Gasteiger partial charge in [0, 0.05) is 17.1 Å². The summed E-state index contributed by atoms with van der Waals surface area (Å²) in [6.45, 7) is 6.21. The fraction of sp³-hybridized carbons (Fsp3) is 0.513. The maximum absolute atomic E-state index is 10.6. The fourth-order valence-electron chi connectivity index (χ4n) is 7.17. The molecule has 7 rings (SSSR count). The van der Waals surface area contributed by atoms with E-state index in [1.54, 1.807) is 7.11 Å². The first-order valence-corrected chi connectivity index (χ1v) is 18.4. The minimum Gasteiger partial charge on any atom is -0.368 e. The number of benzene rings is 3. The van der Waals surface area contributed by atoms with Gasteiger partial charge in [-0.3, -0.25) is 0 Å². The molecule has 0 aromatic heterocycles. The van der Waals surface area contributed by atoms with E-state index < -0.39 is 73.0 Å². The number of methoxy groups -OCH3 is 1. The van der Waals surface area contributed by atoms with Crippen molar-refractivity contribution in [2.75, 3.05) is 13.7 Å². The van der Waals surface area contributed by atoms with Gasteiger partial charge >= 0.3 is 0 Å². The lowest BCUT2D eigenvalue weighted by Gasteiger charge is -2.51. The SMILES string of the molecule is CO[C@@H]1O[C@@H](C)[C@H](O[C@@H]2O[C@@H]3CO[C@@](C#N)(Cc4ccccc4I)O[C@H]3[C@H](OCc3ccccc3)[C@@H]2OCc2ccccc2)[C@H]2OC(C)(C)O[C@@H]12. The molecule has 0 N–H and O–H groups in total. The maximum atomic E-state index is 10.6. The minimum atomic E-state index is -1.58. The lowest BCUT2D eigenvalue weighted by molar-refractivity contribution is -0.398. The molecule has 11 nitrogen and oxygen atoms in total. The van der Waals surface area contributed by atoms with Gasteiger partial charge in [-0.05, 0) is 66.1 Å². The van der Waals surface area contributed by atoms with Crippen LogP contribution in [0.2, 0.25) is 0 Å². The first-order valence-electron chi connectivity index (χ1n) is 17.3. The third-order valence-corrected chi connectivity index (χ3v) is 10.7. The predicted octanol–water partition coefficient (Wildman–Crippen LogP) is 5.66. The van der Waals surface area contributed by atoms with E-state index >= 15 is 0 Å². The smallest absolute Gasteiger partial charge is 0.264 e. The van der Waals surface area contributed by atoms with Gasteiger partial charge in [0.1, 0.15) is 48.8 Å². The summed E-state index contributed by atoms with van der Waals surface area (Å²) in [4.78, 5) is 0. The van der Waals surface area contributed by atoms with Gasteiger partial charge in [0.15, 0.2) is 18.4 Å². The van der Waals surface area contributed by atoms with E-state index in [2.05, 4.69) is 28.7 Å². The van der Waals surface area contributed by atoms with Gasteiger partial charge in [0.2, 0.25) is 0 Å². The zero-order valence-corrected chi connectivity index (χ0v) is 31.2. The second-order valence-corrected chi connectivity index (χ2v) is 14.9. The van der Waals surface area contributed by atoms with E-state index in [1.165, 1.54) is 0 Å². The Morgan fingerprint density at radius 1 is 0.765 bits per heavy atom. The van der Waals surface area contributed by atoms with Crippen molar-refractivity contribution in [3.05, 3.63) is 105 Å². The van der Waals surface area contributed by atoms with E-state index in [-0.39, 0.29) is 26.2 Å². The Kier molecular flexibility index (Phi) is 11.4. The Morgan fingerprint density at radius 3 is 2.04 bits per heavy atom. The molecule has 0 amide bonds. The van der Waals surface area contributed by atoms with Crippen molar-refractivity contribution in [2.45, 2.75) is 113 Å². The van der Waals surface area contributed by atoms with Crippen LogP contribution in [0.4, 0.5) is 0 Å². The highest BCUT2D eigenvalue weighted by Crippen LogP contribution is 2.42. The number of ether oxygens (including phenoxy) is 10. The molecule has 0 unspecified atom stereocenters. The topological polar surface area (TPSA) is 116 Å². The number of hydrogen-bond acceptors (Lipinski definition) is 11. The molecule has 51 heavy (non-hydrogen) atoms. The molecule has 0 bridgehead atoms. The van der Waals surface area contributed by atoms with Crippen LogP contribution in [0.25, 0.3) is 0 Å². The van der Waals surface area contributed by atoms with Crippen LogP contribution < -0.4 is 0 Å². The molecule has 272 valence electrons. The van der Waals surface area contributed by atoms with Crippen molar-refractivity contribution in [3.8, 4) is 6.07 Å². The largest absolute Gasteiger partial charge is 0.368 e. The van der Waals surface area contributed by atoms with E-state index in [0.29, 0.717) is 0 Å². The zero-order chi connectivity index (χ0) is 35.6. The molecule has 4 aliphatic rings. The molecule has 4 aliphatic heterocycles. The average molecular weight is 814 g/mol. The Balaban J connectivity index is 1.22. The summed E-state index contributed by atoms with van der Waals surface area (Å²) in [6.07, 6.45) is -6.42. The molecule has 12 heteroatoms. The van der Waals surface area contributed by atoms with Crippen molar-refractivity contribution in [1.82, 2.24) is 0 Å². The number of rotatable bonds is 11. The van der Waals surface area contributed by atoms with Crippen LogP contribution >= 0.6 is 22.6 Å². The molecule has 3 aromatic rings. The summed E-state index contributed by atoms with van der Waals surface area (Å²) in [7, 11) is 1.58. The van der Waals surface area contributed by atoms with Gasteiger partial charge in [-0.25, -0.2) is 0 Å². The van der Waals surface area contributed by atoms with Crippen LogP contribution in [0.15, 0.2) is 84.9 Å². The van der Waals surface area contributed by atoms with Crippen molar-refractivity contribution in [1.29, 1.82) is 5.26 Å². The first kappa shape index (κ1) is 36.8. The van der Waals surface area contributed by atoms with Gasteiger partial charge in [-0.1, -0.05) is 78.9 Å². The van der Waals surface area contributed by atoms with Crippen LogP contribution in [-0.2, 0) is 67.0 Å². The average Bonchev–Trinajstić information content (AvgIpc) is 3.47. The Bertz CT molecular complexity index is 1640. The van der Waals surface area contributed by atoms with E-state index in [4.69, 9.17) is 47.4 Å². The number of nitriles is 1. The van der Waals surface area contributed by atoms with Crippen molar-refractivity contribution in [2.24, 2.45) is 0 Å². The summed E-state index contributed by atoms with van der Waals surface area (Å²) < 4.78 is 65.5. The summed E-state index contributed by atoms with van der Waals surface area (Å²) in [5, 5.41) is 10.6. The van der Waals surface area contributed by atoms with Crippen molar-refractivity contribution < 1.29 is 47.4 Å². The molecule has 0 aliphatic carbocycles. The standard InChI is InChI=1S/C39H44INO10/c1-24-30(33-35(36(42-4)46-24)50-38(2,3)49-33)48-37-34(44-21-26-15-9-6-10-16-26)32(43-20-25-13-7-5-8-14-25)31-29(47-37)22-45-39(23-41,51-31)19-27-17-11-12-18-28(27)40/h5-18,24,29-37H,19-22H2,1-4H3/t24-,29+,30-,31+,32-,33+,34-,35+,36+,37-,39-/m0/s1. The lowest BCUT2D eigenvalue weighted by atomic mass is 9.94. The molecule has 0 radical (unpaired) electrons. The normalized spacial score (nSPS) is 35.8. The van der Waals surface area contributed by atoms with Crippen LogP contribution in [0.5, 0.6) is 0 Å².